The van der Waals surface area contributed by atoms with Crippen molar-refractivity contribution < 1.29 is 9.66 Å². The first kappa shape index (κ1) is 14.4. The van der Waals surface area contributed by atoms with E-state index >= 15 is 0 Å². The summed E-state index contributed by atoms with van der Waals surface area (Å²) < 4.78 is 5.25. The summed E-state index contributed by atoms with van der Waals surface area (Å²) in [6.07, 6.45) is 1.82. The van der Waals surface area contributed by atoms with E-state index in [0.717, 1.165) is 24.9 Å². The molecule has 0 aliphatic carbocycles. The van der Waals surface area contributed by atoms with Crippen molar-refractivity contribution in [3.8, 4) is 5.75 Å². The molecule has 0 aliphatic heterocycles. The van der Waals surface area contributed by atoms with Crippen LogP contribution in [-0.4, -0.2) is 37.1 Å². The molecule has 0 fully saturated rings. The summed E-state index contributed by atoms with van der Waals surface area (Å²) in [6, 6.07) is 5.20. The van der Waals surface area contributed by atoms with Crippen molar-refractivity contribution in [2.45, 2.75) is 19.8 Å². The number of nitrogens with zero attached hydrogens (tertiary/aromatic N) is 2. The zero-order valence-corrected chi connectivity index (χ0v) is 11.2. The van der Waals surface area contributed by atoms with Gasteiger partial charge in [-0.1, -0.05) is 6.07 Å². The first-order chi connectivity index (χ1) is 8.54. The second-order valence-corrected chi connectivity index (χ2v) is 4.40. The van der Waals surface area contributed by atoms with Gasteiger partial charge >= 0.3 is 5.69 Å². The van der Waals surface area contributed by atoms with E-state index in [0.29, 0.717) is 12.4 Å². The fourth-order valence-electron chi connectivity index (χ4n) is 1.74. The van der Waals surface area contributed by atoms with E-state index < -0.39 is 0 Å². The molecule has 0 radical (unpaired) electrons. The van der Waals surface area contributed by atoms with Crippen LogP contribution in [0, 0.1) is 10.1 Å². The minimum absolute atomic E-state index is 0.0548. The molecule has 0 amide bonds. The fourth-order valence-corrected chi connectivity index (χ4v) is 1.74. The van der Waals surface area contributed by atoms with Crippen molar-refractivity contribution in [3.63, 3.8) is 0 Å². The Bertz CT molecular complexity index is 405. The van der Waals surface area contributed by atoms with Gasteiger partial charge in [0, 0.05) is 6.07 Å². The first-order valence-electron chi connectivity index (χ1n) is 6.09. The molecule has 5 heteroatoms. The summed E-state index contributed by atoms with van der Waals surface area (Å²) in [5.41, 5.74) is 1.03. The zero-order chi connectivity index (χ0) is 13.5. The molecule has 5 nitrogen and oxygen atoms in total. The highest BCUT2D eigenvalue weighted by atomic mass is 16.6. The molecule has 0 N–H and O–H groups in total. The van der Waals surface area contributed by atoms with Crippen LogP contribution in [0.15, 0.2) is 18.2 Å². The van der Waals surface area contributed by atoms with Gasteiger partial charge < -0.3 is 9.64 Å². The number of aryl methyl sites for hydroxylation is 1. The number of rotatable bonds is 7. The van der Waals surface area contributed by atoms with Crippen LogP contribution < -0.4 is 4.74 Å². The number of benzene rings is 1. The van der Waals surface area contributed by atoms with Gasteiger partial charge in [0.15, 0.2) is 5.75 Å². The van der Waals surface area contributed by atoms with Gasteiger partial charge in [0.25, 0.3) is 0 Å². The van der Waals surface area contributed by atoms with Crippen LogP contribution in [0.1, 0.15) is 18.9 Å². The molecule has 0 unspecified atom stereocenters. The molecular formula is C13H20N2O3. The topological polar surface area (TPSA) is 55.6 Å². The predicted octanol–water partition coefficient (Wildman–Crippen LogP) is 2.49. The maximum absolute atomic E-state index is 10.9. The molecule has 0 heterocycles. The van der Waals surface area contributed by atoms with Crippen molar-refractivity contribution in [2.24, 2.45) is 0 Å². The van der Waals surface area contributed by atoms with Crippen LogP contribution >= 0.6 is 0 Å². The van der Waals surface area contributed by atoms with Crippen LogP contribution in [0.25, 0.3) is 0 Å². The van der Waals surface area contributed by atoms with Crippen molar-refractivity contribution in [3.05, 3.63) is 33.9 Å². The third kappa shape index (κ3) is 4.33. The first-order valence-corrected chi connectivity index (χ1v) is 6.09. The number of nitro benzene ring substituents is 1. The van der Waals surface area contributed by atoms with Gasteiger partial charge in [-0.2, -0.15) is 0 Å². The van der Waals surface area contributed by atoms with Crippen LogP contribution in [-0.2, 0) is 6.42 Å². The average molecular weight is 252 g/mol. The lowest BCUT2D eigenvalue weighted by Gasteiger charge is -2.09. The molecule has 18 heavy (non-hydrogen) atoms. The standard InChI is InChI=1S/C13H20N2O3/c1-4-18-13-8-7-11(6-5-9-14(2)3)10-12(13)15(16)17/h7-8,10H,4-6,9H2,1-3H3. The Hall–Kier alpha value is -1.62. The second-order valence-electron chi connectivity index (χ2n) is 4.40. The third-order valence-electron chi connectivity index (χ3n) is 2.59. The van der Waals surface area contributed by atoms with E-state index in [1.807, 2.05) is 27.1 Å². The van der Waals surface area contributed by atoms with Gasteiger partial charge in [-0.25, -0.2) is 0 Å². The van der Waals surface area contributed by atoms with Gasteiger partial charge in [0.1, 0.15) is 0 Å². The SMILES string of the molecule is CCOc1ccc(CCCN(C)C)cc1[N+](=O)[O-]. The minimum Gasteiger partial charge on any atom is -0.487 e. The van der Waals surface area contributed by atoms with E-state index in [1.54, 1.807) is 12.1 Å². The van der Waals surface area contributed by atoms with Gasteiger partial charge in [-0.05, 0) is 52.0 Å². The van der Waals surface area contributed by atoms with Gasteiger partial charge in [-0.15, -0.1) is 0 Å². The Balaban J connectivity index is 2.76. The lowest BCUT2D eigenvalue weighted by Crippen LogP contribution is -2.13. The Labute approximate surface area is 108 Å². The number of hydrogen-bond donors (Lipinski definition) is 0. The van der Waals surface area contributed by atoms with Crippen LogP contribution in [0.5, 0.6) is 5.75 Å². The van der Waals surface area contributed by atoms with Crippen molar-refractivity contribution in [1.29, 1.82) is 0 Å². The molecule has 0 saturated carbocycles. The lowest BCUT2D eigenvalue weighted by atomic mass is 10.1. The number of ether oxygens (including phenoxy) is 1. The Morgan fingerprint density at radius 2 is 2.11 bits per heavy atom. The summed E-state index contributed by atoms with van der Waals surface area (Å²) in [5, 5.41) is 10.9. The summed E-state index contributed by atoms with van der Waals surface area (Å²) in [6.45, 7) is 3.22. The molecule has 1 rings (SSSR count). The van der Waals surface area contributed by atoms with Crippen LogP contribution in [0.3, 0.4) is 0 Å². The smallest absolute Gasteiger partial charge is 0.311 e. The molecule has 0 atom stereocenters. The summed E-state index contributed by atoms with van der Waals surface area (Å²) >= 11 is 0. The molecule has 1 aromatic rings. The largest absolute Gasteiger partial charge is 0.487 e. The van der Waals surface area contributed by atoms with Crippen molar-refractivity contribution in [1.82, 2.24) is 4.90 Å². The van der Waals surface area contributed by atoms with Gasteiger partial charge in [0.05, 0.1) is 11.5 Å². The third-order valence-corrected chi connectivity index (χ3v) is 2.59. The molecule has 0 aliphatic rings. The Morgan fingerprint density at radius 3 is 2.67 bits per heavy atom. The minimum atomic E-state index is -0.388. The van der Waals surface area contributed by atoms with E-state index in [2.05, 4.69) is 4.90 Å². The number of nitro groups is 1. The molecular weight excluding hydrogens is 232 g/mol. The maximum Gasteiger partial charge on any atom is 0.311 e. The summed E-state index contributed by atoms with van der Waals surface area (Å²) in [7, 11) is 4.03. The number of hydrogen-bond acceptors (Lipinski definition) is 4. The van der Waals surface area contributed by atoms with Gasteiger partial charge in [-0.3, -0.25) is 10.1 Å². The van der Waals surface area contributed by atoms with Crippen LogP contribution in [0.4, 0.5) is 5.69 Å². The highest BCUT2D eigenvalue weighted by Gasteiger charge is 2.15. The Morgan fingerprint density at radius 1 is 1.39 bits per heavy atom. The average Bonchev–Trinajstić information content (AvgIpc) is 2.30. The van der Waals surface area contributed by atoms with Crippen LogP contribution in [0.2, 0.25) is 0 Å². The monoisotopic (exact) mass is 252 g/mol. The molecule has 0 spiro atoms. The predicted molar refractivity (Wildman–Crippen MR) is 71.1 cm³/mol. The molecule has 100 valence electrons. The molecule has 0 bridgehead atoms. The second kappa shape index (κ2) is 6.96. The quantitative estimate of drug-likeness (QED) is 0.552. The van der Waals surface area contributed by atoms with E-state index in [9.17, 15) is 10.1 Å². The fraction of sp³-hybridized carbons (Fsp3) is 0.538. The normalized spacial score (nSPS) is 10.7. The summed E-state index contributed by atoms with van der Waals surface area (Å²) in [5.74, 6) is 0.346. The summed E-state index contributed by atoms with van der Waals surface area (Å²) in [4.78, 5) is 12.7. The Kier molecular flexibility index (Phi) is 5.58. The van der Waals surface area contributed by atoms with Crippen molar-refractivity contribution >= 4 is 5.69 Å². The van der Waals surface area contributed by atoms with Crippen molar-refractivity contribution in [2.75, 3.05) is 27.2 Å². The van der Waals surface area contributed by atoms with E-state index in [1.165, 1.54) is 0 Å². The van der Waals surface area contributed by atoms with Gasteiger partial charge in [0.2, 0.25) is 0 Å². The molecule has 0 aromatic heterocycles. The van der Waals surface area contributed by atoms with E-state index in [4.69, 9.17) is 4.74 Å². The maximum atomic E-state index is 10.9. The lowest BCUT2D eigenvalue weighted by molar-refractivity contribution is -0.385. The van der Waals surface area contributed by atoms with E-state index in [-0.39, 0.29) is 10.6 Å². The highest BCUT2D eigenvalue weighted by Crippen LogP contribution is 2.28. The molecule has 1 aromatic carbocycles. The highest BCUT2D eigenvalue weighted by molar-refractivity contribution is 5.48. The zero-order valence-electron chi connectivity index (χ0n) is 11.2. The molecule has 0 saturated heterocycles.